The fourth-order valence-corrected chi connectivity index (χ4v) is 4.75. The molecule has 0 aliphatic carbocycles. The number of esters is 1. The Morgan fingerprint density at radius 1 is 1.24 bits per heavy atom. The lowest BCUT2D eigenvalue weighted by molar-refractivity contribution is -0.154. The Bertz CT molecular complexity index is 872. The Morgan fingerprint density at radius 3 is 2.58 bits per heavy atom. The number of ether oxygens (including phenoxy) is 1. The Balaban J connectivity index is 2.27. The first-order valence-electron chi connectivity index (χ1n) is 11.8. The molecule has 2 rings (SSSR count). The van der Waals surface area contributed by atoms with Gasteiger partial charge < -0.3 is 14.9 Å². The van der Waals surface area contributed by atoms with Gasteiger partial charge in [-0.3, -0.25) is 9.59 Å². The lowest BCUT2D eigenvalue weighted by Crippen LogP contribution is -2.45. The summed E-state index contributed by atoms with van der Waals surface area (Å²) in [5.41, 5.74) is 0.513. The second-order valence-electron chi connectivity index (χ2n) is 9.86. The number of aromatic nitrogens is 1. The van der Waals surface area contributed by atoms with Gasteiger partial charge in [0.05, 0.1) is 34.7 Å². The number of nitrogens with zero attached hydrogens (tertiary/aromatic N) is 1. The van der Waals surface area contributed by atoms with Crippen molar-refractivity contribution in [3.63, 3.8) is 0 Å². The highest BCUT2D eigenvalue weighted by atomic mass is 32.1. The monoisotopic (exact) mass is 477 g/mol. The standard InChI is InChI=1S/C26H39NO5S/c1-16-11-9-7-8-10-12-21(17(2)13-20-15-33-19(4)27-20)32-23(29)14-22(28)26(5,6)25(31)18(3)24(16)30/h8,10,13,15-16,18,21-22,24,28,30H,7,9,11-12,14H2,1-6H3/b10-8-,17-13-/t16-,18+,21-,22-,24?/m0/s1. The van der Waals surface area contributed by atoms with Crippen molar-refractivity contribution < 1.29 is 24.5 Å². The molecule has 2 N–H and O–H groups in total. The zero-order chi connectivity index (χ0) is 24.8. The third-order valence-electron chi connectivity index (χ3n) is 6.68. The first-order chi connectivity index (χ1) is 15.4. The highest BCUT2D eigenvalue weighted by molar-refractivity contribution is 7.09. The van der Waals surface area contributed by atoms with Gasteiger partial charge >= 0.3 is 5.97 Å². The summed E-state index contributed by atoms with van der Waals surface area (Å²) in [4.78, 5) is 30.3. The van der Waals surface area contributed by atoms with Crippen LogP contribution in [0.25, 0.3) is 6.08 Å². The minimum Gasteiger partial charge on any atom is -0.457 e. The van der Waals surface area contributed by atoms with E-state index in [0.29, 0.717) is 6.42 Å². The van der Waals surface area contributed by atoms with E-state index in [1.54, 1.807) is 32.1 Å². The van der Waals surface area contributed by atoms with Gasteiger partial charge in [0.25, 0.3) is 0 Å². The summed E-state index contributed by atoms with van der Waals surface area (Å²) in [5.74, 6) is -1.48. The van der Waals surface area contributed by atoms with Gasteiger partial charge in [0.1, 0.15) is 11.9 Å². The van der Waals surface area contributed by atoms with Gasteiger partial charge in [-0.25, -0.2) is 4.98 Å². The molecule has 0 aromatic carbocycles. The largest absolute Gasteiger partial charge is 0.457 e. The molecule has 1 aromatic rings. The van der Waals surface area contributed by atoms with Gasteiger partial charge in [-0.1, -0.05) is 39.8 Å². The molecule has 33 heavy (non-hydrogen) atoms. The van der Waals surface area contributed by atoms with E-state index in [1.807, 2.05) is 38.3 Å². The van der Waals surface area contributed by atoms with E-state index >= 15 is 0 Å². The van der Waals surface area contributed by atoms with Crippen LogP contribution in [0.3, 0.4) is 0 Å². The fourth-order valence-electron chi connectivity index (χ4n) is 4.18. The number of cyclic esters (lactones) is 1. The lowest BCUT2D eigenvalue weighted by Gasteiger charge is -2.34. The van der Waals surface area contributed by atoms with Crippen LogP contribution in [0.1, 0.15) is 77.4 Å². The smallest absolute Gasteiger partial charge is 0.309 e. The topological polar surface area (TPSA) is 96.7 Å². The molecule has 2 heterocycles. The highest BCUT2D eigenvalue weighted by Crippen LogP contribution is 2.32. The number of Topliss-reactive ketones (excluding diaryl/α,β-unsaturated/α-hetero) is 1. The van der Waals surface area contributed by atoms with Gasteiger partial charge in [-0.15, -0.1) is 11.3 Å². The maximum Gasteiger partial charge on any atom is 0.309 e. The summed E-state index contributed by atoms with van der Waals surface area (Å²) in [6, 6.07) is 0. The summed E-state index contributed by atoms with van der Waals surface area (Å²) < 4.78 is 5.75. The van der Waals surface area contributed by atoms with E-state index in [4.69, 9.17) is 4.74 Å². The second-order valence-corrected chi connectivity index (χ2v) is 10.9. The minimum absolute atomic E-state index is 0.0392. The number of allylic oxidation sites excluding steroid dienone is 1. The number of ketones is 1. The molecule has 184 valence electrons. The fraction of sp³-hybridized carbons (Fsp3) is 0.654. The predicted molar refractivity (Wildman–Crippen MR) is 132 cm³/mol. The van der Waals surface area contributed by atoms with Gasteiger partial charge in [0.15, 0.2) is 0 Å². The van der Waals surface area contributed by atoms with E-state index in [1.165, 1.54) is 0 Å². The molecule has 0 fully saturated rings. The molecule has 1 aliphatic heterocycles. The zero-order valence-electron chi connectivity index (χ0n) is 20.7. The Labute approximate surface area is 201 Å². The molecule has 1 unspecified atom stereocenters. The van der Waals surface area contributed by atoms with Gasteiger partial charge in [0, 0.05) is 17.7 Å². The second kappa shape index (κ2) is 12.0. The van der Waals surface area contributed by atoms with Crippen molar-refractivity contribution in [3.8, 4) is 0 Å². The predicted octanol–water partition coefficient (Wildman–Crippen LogP) is 4.88. The van der Waals surface area contributed by atoms with Crippen LogP contribution in [0.2, 0.25) is 0 Å². The van der Waals surface area contributed by atoms with E-state index in [9.17, 15) is 19.8 Å². The normalized spacial score (nSPS) is 31.8. The van der Waals surface area contributed by atoms with Crippen LogP contribution >= 0.6 is 11.3 Å². The number of aliphatic hydroxyl groups is 2. The summed E-state index contributed by atoms with van der Waals surface area (Å²) in [5, 5.41) is 24.4. The molecular formula is C26H39NO5S. The Morgan fingerprint density at radius 2 is 1.94 bits per heavy atom. The van der Waals surface area contributed by atoms with Crippen molar-refractivity contribution in [2.24, 2.45) is 17.3 Å². The van der Waals surface area contributed by atoms with Crippen molar-refractivity contribution in [1.29, 1.82) is 0 Å². The summed E-state index contributed by atoms with van der Waals surface area (Å²) >= 11 is 1.56. The lowest BCUT2D eigenvalue weighted by atomic mass is 9.73. The molecule has 0 saturated carbocycles. The van der Waals surface area contributed by atoms with Crippen molar-refractivity contribution in [2.75, 3.05) is 0 Å². The van der Waals surface area contributed by atoms with Gasteiger partial charge in [-0.2, -0.15) is 0 Å². The first kappa shape index (κ1) is 27.4. The number of rotatable bonds is 2. The number of aryl methyl sites for hydroxylation is 1. The number of thiazole rings is 1. The van der Waals surface area contributed by atoms with Crippen molar-refractivity contribution in [2.45, 2.75) is 92.0 Å². The molecule has 7 heteroatoms. The number of aliphatic hydroxyl groups excluding tert-OH is 2. The van der Waals surface area contributed by atoms with E-state index < -0.39 is 35.6 Å². The SMILES string of the molecule is C/C(=C/c1csc(C)n1)[C@@H]1C/C=C\CCC[C@H](C)C(O)[C@@H](C)C(=O)C(C)(C)[C@@H](O)CC(=O)O1. The van der Waals surface area contributed by atoms with Crippen molar-refractivity contribution in [3.05, 3.63) is 33.8 Å². The van der Waals surface area contributed by atoms with E-state index in [2.05, 4.69) is 11.1 Å². The molecule has 0 bridgehead atoms. The maximum atomic E-state index is 13.1. The van der Waals surface area contributed by atoms with Crippen LogP contribution in [-0.2, 0) is 14.3 Å². The van der Waals surface area contributed by atoms with E-state index in [0.717, 1.165) is 35.5 Å². The van der Waals surface area contributed by atoms with Crippen LogP contribution in [0.4, 0.5) is 0 Å². The molecule has 0 amide bonds. The van der Waals surface area contributed by atoms with Crippen molar-refractivity contribution in [1.82, 2.24) is 4.98 Å². The van der Waals surface area contributed by atoms with Crippen molar-refractivity contribution >= 4 is 29.2 Å². The molecule has 1 aromatic heterocycles. The molecule has 5 atom stereocenters. The molecule has 6 nitrogen and oxygen atoms in total. The quantitative estimate of drug-likeness (QED) is 0.466. The number of hydrogen-bond donors (Lipinski definition) is 2. The van der Waals surface area contributed by atoms with Crippen LogP contribution in [0.15, 0.2) is 23.1 Å². The average Bonchev–Trinajstić information content (AvgIpc) is 3.16. The average molecular weight is 478 g/mol. The Hall–Kier alpha value is -1.83. The number of carbonyl (C=O) groups excluding carboxylic acids is 2. The molecule has 0 spiro atoms. The summed E-state index contributed by atoms with van der Waals surface area (Å²) in [6.45, 7) is 10.8. The molecule has 0 radical (unpaired) electrons. The van der Waals surface area contributed by atoms with Crippen LogP contribution in [-0.4, -0.2) is 45.3 Å². The Kier molecular flexibility index (Phi) is 10.0. The number of hydrogen-bond acceptors (Lipinski definition) is 7. The van der Waals surface area contributed by atoms with Crippen LogP contribution < -0.4 is 0 Å². The van der Waals surface area contributed by atoms with Gasteiger partial charge in [0.2, 0.25) is 0 Å². The third-order valence-corrected chi connectivity index (χ3v) is 7.47. The highest BCUT2D eigenvalue weighted by Gasteiger charge is 2.42. The molecule has 0 saturated heterocycles. The molecule has 1 aliphatic rings. The number of carbonyl (C=O) groups is 2. The zero-order valence-corrected chi connectivity index (χ0v) is 21.5. The summed E-state index contributed by atoms with van der Waals surface area (Å²) in [7, 11) is 0. The van der Waals surface area contributed by atoms with E-state index in [-0.39, 0.29) is 18.1 Å². The first-order valence-corrected chi connectivity index (χ1v) is 12.7. The molecular weight excluding hydrogens is 438 g/mol. The maximum absolute atomic E-state index is 13.1. The third kappa shape index (κ3) is 7.59. The minimum atomic E-state index is -1.21. The van der Waals surface area contributed by atoms with Crippen LogP contribution in [0.5, 0.6) is 0 Å². The van der Waals surface area contributed by atoms with Gasteiger partial charge in [-0.05, 0) is 50.7 Å². The van der Waals surface area contributed by atoms with Crippen LogP contribution in [0, 0.1) is 24.2 Å². The summed E-state index contributed by atoms with van der Waals surface area (Å²) in [6.07, 6.45) is 6.28.